The van der Waals surface area contributed by atoms with Crippen LogP contribution in [0.15, 0.2) is 24.3 Å². The molecule has 1 rings (SSSR count). The van der Waals surface area contributed by atoms with Gasteiger partial charge in [0.05, 0.1) is 5.92 Å². The number of nitrogens with one attached hydrogen (secondary N) is 1. The predicted molar refractivity (Wildman–Crippen MR) is 43.8 cm³/mol. The first kappa shape index (κ1) is 8.01. The highest BCUT2D eigenvalue weighted by Crippen LogP contribution is 2.07. The molecule has 0 aromatic carbocycles. The van der Waals surface area contributed by atoms with E-state index < -0.39 is 0 Å². The second-order valence-corrected chi connectivity index (χ2v) is 2.38. The van der Waals surface area contributed by atoms with Crippen LogP contribution in [0.3, 0.4) is 0 Å². The lowest BCUT2D eigenvalue weighted by Gasteiger charge is -2.05. The van der Waals surface area contributed by atoms with E-state index >= 15 is 0 Å². The van der Waals surface area contributed by atoms with Crippen molar-refractivity contribution in [3.8, 4) is 0 Å². The van der Waals surface area contributed by atoms with E-state index in [1.165, 1.54) is 0 Å². The highest BCUT2D eigenvalue weighted by Gasteiger charge is 2.12. The number of allylic oxidation sites excluding steroid dienone is 2. The second-order valence-electron chi connectivity index (χ2n) is 2.38. The van der Waals surface area contributed by atoms with Gasteiger partial charge in [-0.15, -0.1) is 0 Å². The maximum Gasteiger partial charge on any atom is 0.230 e. The molecule has 0 saturated carbocycles. The molecule has 11 heavy (non-hydrogen) atoms. The molecule has 0 aromatic rings. The SMILES string of the molecule is NCCNC(=O)C1C=CC=C1. The molecule has 0 fully saturated rings. The summed E-state index contributed by atoms with van der Waals surface area (Å²) in [4.78, 5) is 11.1. The number of hydrogen-bond donors (Lipinski definition) is 2. The van der Waals surface area contributed by atoms with E-state index in [1.807, 2.05) is 24.3 Å². The maximum atomic E-state index is 11.1. The molecule has 0 aliphatic heterocycles. The van der Waals surface area contributed by atoms with Crippen LogP contribution in [-0.2, 0) is 4.79 Å². The fourth-order valence-corrected chi connectivity index (χ4v) is 0.920. The summed E-state index contributed by atoms with van der Waals surface area (Å²) in [7, 11) is 0. The smallest absolute Gasteiger partial charge is 0.230 e. The highest BCUT2D eigenvalue weighted by atomic mass is 16.1. The summed E-state index contributed by atoms with van der Waals surface area (Å²) in [6, 6.07) is 0. The van der Waals surface area contributed by atoms with Gasteiger partial charge in [-0.25, -0.2) is 0 Å². The van der Waals surface area contributed by atoms with Gasteiger partial charge in [-0.05, 0) is 0 Å². The summed E-state index contributed by atoms with van der Waals surface area (Å²) in [5.41, 5.74) is 5.22. The third kappa shape index (κ3) is 2.20. The maximum absolute atomic E-state index is 11.1. The van der Waals surface area contributed by atoms with Crippen molar-refractivity contribution < 1.29 is 4.79 Å². The Hall–Kier alpha value is -1.09. The quantitative estimate of drug-likeness (QED) is 0.588. The fourth-order valence-electron chi connectivity index (χ4n) is 0.920. The van der Waals surface area contributed by atoms with E-state index in [0.29, 0.717) is 13.1 Å². The third-order valence-electron chi connectivity index (χ3n) is 1.49. The number of nitrogens with two attached hydrogens (primary N) is 1. The van der Waals surface area contributed by atoms with Crippen molar-refractivity contribution >= 4 is 5.91 Å². The summed E-state index contributed by atoms with van der Waals surface area (Å²) >= 11 is 0. The van der Waals surface area contributed by atoms with Crippen molar-refractivity contribution in [2.75, 3.05) is 13.1 Å². The van der Waals surface area contributed by atoms with Crippen LogP contribution in [-0.4, -0.2) is 19.0 Å². The second kappa shape index (κ2) is 3.93. The Bertz CT molecular complexity index is 184. The molecule has 0 aromatic heterocycles. The molecule has 1 aliphatic rings. The number of rotatable bonds is 3. The van der Waals surface area contributed by atoms with E-state index in [9.17, 15) is 4.79 Å². The van der Waals surface area contributed by atoms with Gasteiger partial charge in [-0.3, -0.25) is 4.79 Å². The molecule has 0 spiro atoms. The first-order valence-electron chi connectivity index (χ1n) is 3.67. The van der Waals surface area contributed by atoms with Crippen LogP contribution in [0.4, 0.5) is 0 Å². The molecule has 0 bridgehead atoms. The van der Waals surface area contributed by atoms with Crippen molar-refractivity contribution in [3.05, 3.63) is 24.3 Å². The molecule has 0 heterocycles. The van der Waals surface area contributed by atoms with Gasteiger partial charge < -0.3 is 11.1 Å². The Kier molecular flexibility index (Phi) is 2.86. The summed E-state index contributed by atoms with van der Waals surface area (Å²) in [5, 5.41) is 2.71. The average molecular weight is 152 g/mol. The van der Waals surface area contributed by atoms with Crippen molar-refractivity contribution in [1.29, 1.82) is 0 Å². The van der Waals surface area contributed by atoms with E-state index in [-0.39, 0.29) is 11.8 Å². The van der Waals surface area contributed by atoms with E-state index in [4.69, 9.17) is 5.73 Å². The number of carbonyl (C=O) groups is 1. The largest absolute Gasteiger partial charge is 0.354 e. The van der Waals surface area contributed by atoms with Crippen LogP contribution in [0.1, 0.15) is 0 Å². The Balaban J connectivity index is 2.30. The van der Waals surface area contributed by atoms with E-state index in [2.05, 4.69) is 5.32 Å². The van der Waals surface area contributed by atoms with Gasteiger partial charge in [0.1, 0.15) is 0 Å². The van der Waals surface area contributed by atoms with E-state index in [1.54, 1.807) is 0 Å². The topological polar surface area (TPSA) is 55.1 Å². The van der Waals surface area contributed by atoms with Crippen molar-refractivity contribution in [2.45, 2.75) is 0 Å². The molecule has 1 aliphatic carbocycles. The Labute approximate surface area is 66.0 Å². The fraction of sp³-hybridized carbons (Fsp3) is 0.375. The van der Waals surface area contributed by atoms with Gasteiger partial charge in [0.15, 0.2) is 0 Å². The molecule has 0 atom stereocenters. The highest BCUT2D eigenvalue weighted by molar-refractivity contribution is 5.83. The van der Waals surface area contributed by atoms with Crippen LogP contribution < -0.4 is 11.1 Å². The molecule has 3 N–H and O–H groups in total. The average Bonchev–Trinajstić information content (AvgIpc) is 2.52. The molecular weight excluding hydrogens is 140 g/mol. The van der Waals surface area contributed by atoms with Gasteiger partial charge in [-0.2, -0.15) is 0 Å². The lowest BCUT2D eigenvalue weighted by Crippen LogP contribution is -2.32. The Morgan fingerprint density at radius 2 is 2.09 bits per heavy atom. The molecule has 0 saturated heterocycles. The molecular formula is C8H12N2O. The van der Waals surface area contributed by atoms with Crippen molar-refractivity contribution in [2.24, 2.45) is 11.7 Å². The zero-order valence-electron chi connectivity index (χ0n) is 6.29. The van der Waals surface area contributed by atoms with Gasteiger partial charge in [0.25, 0.3) is 0 Å². The monoisotopic (exact) mass is 152 g/mol. The molecule has 0 radical (unpaired) electrons. The zero-order chi connectivity index (χ0) is 8.10. The Morgan fingerprint density at radius 3 is 2.64 bits per heavy atom. The number of hydrogen-bond acceptors (Lipinski definition) is 2. The van der Waals surface area contributed by atoms with Gasteiger partial charge in [0, 0.05) is 13.1 Å². The molecule has 60 valence electrons. The standard InChI is InChI=1S/C8H12N2O/c9-5-6-10-8(11)7-3-1-2-4-7/h1-4,7H,5-6,9H2,(H,10,11). The van der Waals surface area contributed by atoms with Gasteiger partial charge in [-0.1, -0.05) is 24.3 Å². The van der Waals surface area contributed by atoms with Gasteiger partial charge in [0.2, 0.25) is 5.91 Å². The first-order valence-corrected chi connectivity index (χ1v) is 3.67. The minimum Gasteiger partial charge on any atom is -0.354 e. The lowest BCUT2D eigenvalue weighted by atomic mass is 10.1. The summed E-state index contributed by atoms with van der Waals surface area (Å²) in [6.07, 6.45) is 7.44. The lowest BCUT2D eigenvalue weighted by molar-refractivity contribution is -0.122. The molecule has 0 unspecified atom stereocenters. The summed E-state index contributed by atoms with van der Waals surface area (Å²) in [5.74, 6) is -0.0537. The molecule has 3 heteroatoms. The zero-order valence-corrected chi connectivity index (χ0v) is 6.29. The van der Waals surface area contributed by atoms with Crippen LogP contribution in [0.5, 0.6) is 0 Å². The van der Waals surface area contributed by atoms with Crippen molar-refractivity contribution in [3.63, 3.8) is 0 Å². The van der Waals surface area contributed by atoms with Crippen LogP contribution in [0.25, 0.3) is 0 Å². The third-order valence-corrected chi connectivity index (χ3v) is 1.49. The molecule has 1 amide bonds. The molecule has 3 nitrogen and oxygen atoms in total. The minimum atomic E-state index is -0.0819. The summed E-state index contributed by atoms with van der Waals surface area (Å²) < 4.78 is 0. The minimum absolute atomic E-state index is 0.0282. The van der Waals surface area contributed by atoms with Crippen LogP contribution >= 0.6 is 0 Å². The van der Waals surface area contributed by atoms with Crippen LogP contribution in [0.2, 0.25) is 0 Å². The normalized spacial score (nSPS) is 15.7. The van der Waals surface area contributed by atoms with Gasteiger partial charge >= 0.3 is 0 Å². The van der Waals surface area contributed by atoms with Crippen molar-refractivity contribution in [1.82, 2.24) is 5.32 Å². The first-order chi connectivity index (χ1) is 5.34. The number of carbonyl (C=O) groups excluding carboxylic acids is 1. The number of amides is 1. The summed E-state index contributed by atoms with van der Waals surface area (Å²) in [6.45, 7) is 1.04. The predicted octanol–water partition coefficient (Wildman–Crippen LogP) is -0.197. The van der Waals surface area contributed by atoms with Crippen LogP contribution in [0, 0.1) is 5.92 Å². The Morgan fingerprint density at radius 1 is 1.45 bits per heavy atom. The van der Waals surface area contributed by atoms with E-state index in [0.717, 1.165) is 0 Å².